The van der Waals surface area contributed by atoms with Crippen LogP contribution in [0.3, 0.4) is 0 Å². The summed E-state index contributed by atoms with van der Waals surface area (Å²) in [5.74, 6) is 0. The van der Waals surface area contributed by atoms with E-state index in [1.54, 1.807) is 13.4 Å². The van der Waals surface area contributed by atoms with E-state index in [1.165, 1.54) is 22.1 Å². The predicted octanol–water partition coefficient (Wildman–Crippen LogP) is -0.276. The average Bonchev–Trinajstić information content (AvgIpc) is 2.94. The second-order valence-electron chi connectivity index (χ2n) is 3.83. The molecule has 0 atom stereocenters. The molecular weight excluding hydrogens is 180 g/mol. The Balaban J connectivity index is 1.73. The van der Waals surface area contributed by atoms with Crippen LogP contribution in [0, 0.1) is 0 Å². The summed E-state index contributed by atoms with van der Waals surface area (Å²) in [5.41, 5.74) is -0.0311. The molecule has 1 fully saturated rings. The highest BCUT2D eigenvalue weighted by Crippen LogP contribution is 2.18. The highest BCUT2D eigenvalue weighted by atomic mass is 16.2. The van der Waals surface area contributed by atoms with Gasteiger partial charge in [0.15, 0.2) is 0 Å². The fourth-order valence-electron chi connectivity index (χ4n) is 1.40. The Kier molecular flexibility index (Phi) is 2.67. The van der Waals surface area contributed by atoms with Gasteiger partial charge in [0.25, 0.3) is 0 Å². The minimum atomic E-state index is -0.0311. The van der Waals surface area contributed by atoms with Crippen LogP contribution in [-0.4, -0.2) is 26.9 Å². The highest BCUT2D eigenvalue weighted by Gasteiger charge is 2.19. The summed E-state index contributed by atoms with van der Waals surface area (Å²) < 4.78 is 3.00. The van der Waals surface area contributed by atoms with Gasteiger partial charge in [-0.1, -0.05) is 0 Å². The smallest absolute Gasteiger partial charge is 0.314 e. The van der Waals surface area contributed by atoms with Gasteiger partial charge >= 0.3 is 5.69 Å². The molecule has 2 rings (SSSR count). The Hall–Kier alpha value is -1.10. The zero-order valence-corrected chi connectivity index (χ0v) is 8.44. The van der Waals surface area contributed by atoms with E-state index in [4.69, 9.17) is 0 Å². The van der Waals surface area contributed by atoms with Crippen LogP contribution < -0.4 is 11.0 Å². The zero-order valence-electron chi connectivity index (χ0n) is 8.44. The van der Waals surface area contributed by atoms with E-state index in [0.717, 1.165) is 19.0 Å². The van der Waals surface area contributed by atoms with Crippen LogP contribution in [0.2, 0.25) is 0 Å². The molecule has 1 aliphatic rings. The van der Waals surface area contributed by atoms with Crippen molar-refractivity contribution >= 4 is 0 Å². The average molecular weight is 196 g/mol. The molecule has 0 aromatic carbocycles. The van der Waals surface area contributed by atoms with Crippen molar-refractivity contribution in [3.63, 3.8) is 0 Å². The first-order chi connectivity index (χ1) is 6.77. The lowest BCUT2D eigenvalue weighted by molar-refractivity contribution is 0.525. The normalized spacial score (nSPS) is 16.1. The van der Waals surface area contributed by atoms with E-state index in [0.29, 0.717) is 6.54 Å². The molecule has 0 radical (unpaired) electrons. The van der Waals surface area contributed by atoms with Crippen molar-refractivity contribution in [1.29, 1.82) is 0 Å². The summed E-state index contributed by atoms with van der Waals surface area (Å²) in [6.45, 7) is 1.69. The second-order valence-corrected chi connectivity index (χ2v) is 3.83. The number of nitrogens with zero attached hydrogens (tertiary/aromatic N) is 3. The van der Waals surface area contributed by atoms with Gasteiger partial charge in [-0.2, -0.15) is 5.10 Å². The SMILES string of the molecule is Cn1cnn(CCCNC2CC2)c1=O. The Morgan fingerprint density at radius 1 is 1.64 bits per heavy atom. The third-order valence-electron chi connectivity index (χ3n) is 2.44. The van der Waals surface area contributed by atoms with E-state index in [-0.39, 0.29) is 5.69 Å². The molecule has 1 saturated carbocycles. The maximum atomic E-state index is 11.4. The Labute approximate surface area is 82.7 Å². The van der Waals surface area contributed by atoms with Crippen molar-refractivity contribution in [3.8, 4) is 0 Å². The fraction of sp³-hybridized carbons (Fsp3) is 0.778. The largest absolute Gasteiger partial charge is 0.345 e. The molecule has 14 heavy (non-hydrogen) atoms. The number of hydrogen-bond acceptors (Lipinski definition) is 3. The molecule has 1 aromatic heterocycles. The summed E-state index contributed by atoms with van der Waals surface area (Å²) >= 11 is 0. The first-order valence-corrected chi connectivity index (χ1v) is 5.09. The Morgan fingerprint density at radius 2 is 2.43 bits per heavy atom. The van der Waals surface area contributed by atoms with Crippen molar-refractivity contribution < 1.29 is 0 Å². The molecule has 0 saturated heterocycles. The van der Waals surface area contributed by atoms with E-state index >= 15 is 0 Å². The molecule has 0 amide bonds. The van der Waals surface area contributed by atoms with Crippen LogP contribution >= 0.6 is 0 Å². The van der Waals surface area contributed by atoms with Gasteiger partial charge < -0.3 is 5.32 Å². The second kappa shape index (κ2) is 3.96. The van der Waals surface area contributed by atoms with Gasteiger partial charge in [0.05, 0.1) is 0 Å². The molecule has 78 valence electrons. The van der Waals surface area contributed by atoms with Crippen LogP contribution in [-0.2, 0) is 13.6 Å². The first-order valence-electron chi connectivity index (χ1n) is 5.09. The molecule has 5 heteroatoms. The Bertz CT molecular complexity index is 350. The fourth-order valence-corrected chi connectivity index (χ4v) is 1.40. The topological polar surface area (TPSA) is 51.9 Å². The van der Waals surface area contributed by atoms with E-state index in [1.807, 2.05) is 0 Å². The standard InChI is InChI=1S/C9H16N4O/c1-12-7-11-13(9(12)14)6-2-5-10-8-3-4-8/h7-8,10H,2-6H2,1H3. The minimum Gasteiger partial charge on any atom is -0.314 e. The van der Waals surface area contributed by atoms with Crippen molar-refractivity contribution in [2.75, 3.05) is 6.54 Å². The van der Waals surface area contributed by atoms with Crippen molar-refractivity contribution in [2.24, 2.45) is 7.05 Å². The number of nitrogens with one attached hydrogen (secondary N) is 1. The summed E-state index contributed by atoms with van der Waals surface area (Å²) in [7, 11) is 1.72. The number of hydrogen-bond donors (Lipinski definition) is 1. The van der Waals surface area contributed by atoms with E-state index < -0.39 is 0 Å². The molecule has 1 heterocycles. The molecular formula is C9H16N4O. The molecule has 1 N–H and O–H groups in total. The van der Waals surface area contributed by atoms with Crippen molar-refractivity contribution in [2.45, 2.75) is 31.8 Å². The zero-order chi connectivity index (χ0) is 9.97. The third-order valence-corrected chi connectivity index (χ3v) is 2.44. The molecule has 0 bridgehead atoms. The van der Waals surface area contributed by atoms with E-state index in [9.17, 15) is 4.79 Å². The minimum absolute atomic E-state index is 0.0311. The lowest BCUT2D eigenvalue weighted by atomic mass is 10.4. The number of aryl methyl sites for hydroxylation is 2. The molecule has 5 nitrogen and oxygen atoms in total. The number of rotatable bonds is 5. The quantitative estimate of drug-likeness (QED) is 0.659. The first kappa shape index (κ1) is 9.45. The monoisotopic (exact) mass is 196 g/mol. The van der Waals surface area contributed by atoms with Gasteiger partial charge in [-0.15, -0.1) is 0 Å². The Morgan fingerprint density at radius 3 is 3.00 bits per heavy atom. The molecule has 0 aliphatic heterocycles. The number of aromatic nitrogens is 3. The molecule has 1 aliphatic carbocycles. The summed E-state index contributed by atoms with van der Waals surface area (Å²) in [6.07, 6.45) is 5.14. The van der Waals surface area contributed by atoms with Gasteiger partial charge in [-0.25, -0.2) is 9.48 Å². The molecule has 0 spiro atoms. The van der Waals surface area contributed by atoms with Crippen LogP contribution in [0.5, 0.6) is 0 Å². The van der Waals surface area contributed by atoms with Crippen molar-refractivity contribution in [3.05, 3.63) is 16.8 Å². The maximum absolute atomic E-state index is 11.4. The van der Waals surface area contributed by atoms with Gasteiger partial charge in [0.1, 0.15) is 6.33 Å². The van der Waals surface area contributed by atoms with Crippen LogP contribution in [0.15, 0.2) is 11.1 Å². The highest BCUT2D eigenvalue weighted by molar-refractivity contribution is 4.80. The predicted molar refractivity (Wildman–Crippen MR) is 53.1 cm³/mol. The van der Waals surface area contributed by atoms with Gasteiger partial charge in [0.2, 0.25) is 0 Å². The summed E-state index contributed by atoms with van der Waals surface area (Å²) in [4.78, 5) is 11.4. The van der Waals surface area contributed by atoms with Crippen LogP contribution in [0.4, 0.5) is 0 Å². The lowest BCUT2D eigenvalue weighted by Crippen LogP contribution is -2.25. The van der Waals surface area contributed by atoms with Crippen LogP contribution in [0.25, 0.3) is 0 Å². The van der Waals surface area contributed by atoms with Crippen LogP contribution in [0.1, 0.15) is 19.3 Å². The maximum Gasteiger partial charge on any atom is 0.345 e. The van der Waals surface area contributed by atoms with Crippen molar-refractivity contribution in [1.82, 2.24) is 19.7 Å². The van der Waals surface area contributed by atoms with E-state index in [2.05, 4.69) is 10.4 Å². The van der Waals surface area contributed by atoms with Gasteiger partial charge in [0, 0.05) is 19.6 Å². The molecule has 1 aromatic rings. The third kappa shape index (κ3) is 2.23. The molecule has 0 unspecified atom stereocenters. The van der Waals surface area contributed by atoms with Gasteiger partial charge in [-0.3, -0.25) is 4.57 Å². The van der Waals surface area contributed by atoms with Gasteiger partial charge in [-0.05, 0) is 25.8 Å². The lowest BCUT2D eigenvalue weighted by Gasteiger charge is -2.01. The summed E-state index contributed by atoms with van der Waals surface area (Å²) in [6, 6.07) is 0.746. The summed E-state index contributed by atoms with van der Waals surface area (Å²) in [5, 5.41) is 7.39.